The Bertz CT molecular complexity index is 2030. The lowest BCUT2D eigenvalue weighted by Crippen LogP contribution is -2.45. The number of H-pyrrole nitrogens is 1. The van der Waals surface area contributed by atoms with E-state index in [1.54, 1.807) is 29.1 Å². The molecule has 46 heavy (non-hydrogen) atoms. The largest absolute Gasteiger partial charge is 0.398 e. The minimum atomic E-state index is -4.28. The maximum atomic E-state index is 16.0. The minimum absolute atomic E-state index is 0.0486. The summed E-state index contributed by atoms with van der Waals surface area (Å²) < 4.78 is 60.4. The molecule has 0 spiro atoms. The van der Waals surface area contributed by atoms with Crippen LogP contribution in [-0.4, -0.2) is 94.9 Å². The maximum absolute atomic E-state index is 16.0. The minimum Gasteiger partial charge on any atom is -0.398 e. The van der Waals surface area contributed by atoms with Crippen molar-refractivity contribution in [2.45, 2.75) is 48.6 Å². The van der Waals surface area contributed by atoms with E-state index in [0.29, 0.717) is 16.7 Å². The average molecular weight is 719 g/mol. The molecule has 23 heteroatoms. The number of aromatic nitrogens is 6. The quantitative estimate of drug-likeness (QED) is 0.177. The normalized spacial score (nSPS) is 39.7. The standard InChI is InChI=1S/C23H25FN8O10P2S2/c24-12-11-5-37-43(34,45)42-16-15-21(31-4-2-9-10(25)1-3-27-17(9)31)40-23(16,6-36-15)7-38-44(35,46)41-14(12)20(39-11)32-8-28-13-18(32)29-22(26)30-19(13)33/h1-4,8,11-12,14-16,20-21H,5-7H2,(H2,25,27)(H,34,45)(H,35,46)(H3,26,29,30,33)/t11-,12+,14-,15-,16+,20-,21-,23-,43?,44?/m1/s1. The van der Waals surface area contributed by atoms with Crippen LogP contribution in [0.5, 0.6) is 0 Å². The summed E-state index contributed by atoms with van der Waals surface area (Å²) >= 11 is 10.6. The van der Waals surface area contributed by atoms with Crippen molar-refractivity contribution in [2.24, 2.45) is 0 Å². The van der Waals surface area contributed by atoms with Crippen LogP contribution in [0.3, 0.4) is 0 Å². The summed E-state index contributed by atoms with van der Waals surface area (Å²) in [5.41, 5.74) is 10.6. The number of imidazole rings is 1. The second-order valence-electron chi connectivity index (χ2n) is 11.1. The Labute approximate surface area is 267 Å². The molecular formula is C23H25FN8O10P2S2. The Morgan fingerprint density at radius 1 is 1.04 bits per heavy atom. The van der Waals surface area contributed by atoms with Gasteiger partial charge >= 0.3 is 13.4 Å². The number of aromatic amines is 1. The summed E-state index contributed by atoms with van der Waals surface area (Å²) in [5.74, 6) is -0.227. The van der Waals surface area contributed by atoms with Crippen molar-refractivity contribution in [2.75, 3.05) is 31.3 Å². The molecule has 10 atom stereocenters. The molecule has 4 aliphatic heterocycles. The van der Waals surface area contributed by atoms with Gasteiger partial charge in [0.1, 0.15) is 35.7 Å². The second kappa shape index (κ2) is 10.8. The van der Waals surface area contributed by atoms with Gasteiger partial charge in [-0.3, -0.25) is 23.4 Å². The van der Waals surface area contributed by atoms with Crippen molar-refractivity contribution >= 4 is 70.9 Å². The first kappa shape index (κ1) is 30.8. The zero-order chi connectivity index (χ0) is 32.2. The van der Waals surface area contributed by atoms with Gasteiger partial charge in [0.05, 0.1) is 26.1 Å². The van der Waals surface area contributed by atoms with Crippen molar-refractivity contribution < 1.29 is 46.5 Å². The summed E-state index contributed by atoms with van der Waals surface area (Å²) in [6, 6.07) is 3.43. The highest BCUT2D eigenvalue weighted by molar-refractivity contribution is 8.07. The third-order valence-electron chi connectivity index (χ3n) is 8.26. The Hall–Kier alpha value is -2.49. The molecule has 0 amide bonds. The van der Waals surface area contributed by atoms with E-state index < -0.39 is 80.9 Å². The molecule has 18 nitrogen and oxygen atoms in total. The summed E-state index contributed by atoms with van der Waals surface area (Å²) in [7, 11) is 0. The predicted octanol–water partition coefficient (Wildman–Crippen LogP) is 0.487. The molecule has 2 unspecified atom stereocenters. The van der Waals surface area contributed by atoms with Crippen molar-refractivity contribution in [1.82, 2.24) is 29.1 Å². The maximum Gasteiger partial charge on any atom is 0.325 e. The fourth-order valence-electron chi connectivity index (χ4n) is 6.17. The molecule has 0 aromatic carbocycles. The van der Waals surface area contributed by atoms with E-state index >= 15 is 4.39 Å². The number of nitrogens with zero attached hydrogens (tertiary/aromatic N) is 5. The molecule has 4 saturated heterocycles. The molecule has 8 heterocycles. The van der Waals surface area contributed by atoms with Gasteiger partial charge in [-0.25, -0.2) is 14.4 Å². The molecule has 0 saturated carbocycles. The monoisotopic (exact) mass is 718 g/mol. The lowest BCUT2D eigenvalue weighted by atomic mass is 10.0. The molecule has 4 aliphatic rings. The Balaban J connectivity index is 1.14. The smallest absolute Gasteiger partial charge is 0.325 e. The van der Waals surface area contributed by atoms with Crippen LogP contribution in [0, 0.1) is 0 Å². The van der Waals surface area contributed by atoms with Crippen LogP contribution in [0.1, 0.15) is 12.5 Å². The Kier molecular flexibility index (Phi) is 7.21. The van der Waals surface area contributed by atoms with Gasteiger partial charge < -0.3 is 49.1 Å². The molecule has 4 aromatic rings. The number of hydrogen-bond donors (Lipinski definition) is 5. The third kappa shape index (κ3) is 4.93. The van der Waals surface area contributed by atoms with Gasteiger partial charge in [-0.2, -0.15) is 4.98 Å². The van der Waals surface area contributed by atoms with E-state index in [-0.39, 0.29) is 23.7 Å². The summed E-state index contributed by atoms with van der Waals surface area (Å²) in [6.45, 7) is -9.58. The van der Waals surface area contributed by atoms with E-state index in [0.717, 1.165) is 0 Å². The van der Waals surface area contributed by atoms with Crippen molar-refractivity contribution in [1.29, 1.82) is 0 Å². The number of ether oxygens (including phenoxy) is 3. The van der Waals surface area contributed by atoms with Gasteiger partial charge in [-0.05, 0) is 35.7 Å². The predicted molar refractivity (Wildman–Crippen MR) is 163 cm³/mol. The van der Waals surface area contributed by atoms with Crippen LogP contribution >= 0.6 is 13.4 Å². The van der Waals surface area contributed by atoms with Crippen molar-refractivity contribution in [3.8, 4) is 0 Å². The zero-order valence-corrected chi connectivity index (χ0v) is 26.6. The number of anilines is 2. The van der Waals surface area contributed by atoms with Crippen LogP contribution in [0.15, 0.2) is 35.6 Å². The van der Waals surface area contributed by atoms with Gasteiger partial charge in [0.15, 0.2) is 29.8 Å². The second-order valence-corrected chi connectivity index (χ2v) is 16.7. The van der Waals surface area contributed by atoms with Crippen molar-refractivity contribution in [3.63, 3.8) is 0 Å². The number of alkyl halides is 1. The first-order chi connectivity index (χ1) is 21.8. The van der Waals surface area contributed by atoms with Crippen LogP contribution in [0.2, 0.25) is 0 Å². The number of rotatable bonds is 2. The van der Waals surface area contributed by atoms with Gasteiger partial charge in [-0.15, -0.1) is 0 Å². The number of fused-ring (bicyclic) bond motifs is 4. The SMILES string of the molecule is Nc1nc2c(ncn2[C@@H]2O[C@@H]3COP(O)(=S)O[C@H]4[C@H]5OC[C@]4(COP(O)(=S)O[C@@H]2[C@H]3F)O[C@H]5n2ccc3c(N)ccnc32)c(=O)[nH]1. The molecule has 4 aromatic heterocycles. The molecule has 7 N–H and O–H groups in total. The van der Waals surface area contributed by atoms with Gasteiger partial charge in [0.2, 0.25) is 5.95 Å². The molecule has 4 bridgehead atoms. The molecule has 4 fully saturated rings. The van der Waals surface area contributed by atoms with Crippen molar-refractivity contribution in [3.05, 3.63) is 41.2 Å². The summed E-state index contributed by atoms with van der Waals surface area (Å²) in [5, 5.41) is 0.674. The molecule has 0 aliphatic carbocycles. The average Bonchev–Trinajstić information content (AvgIpc) is 3.80. The fourth-order valence-corrected chi connectivity index (χ4v) is 9.05. The number of nitrogens with one attached hydrogen (secondary N) is 1. The third-order valence-corrected chi connectivity index (χ3v) is 11.3. The summed E-state index contributed by atoms with van der Waals surface area (Å²) in [6.07, 6.45) is -4.79. The lowest BCUT2D eigenvalue weighted by molar-refractivity contribution is -0.183. The molecule has 0 radical (unpaired) electrons. The van der Waals surface area contributed by atoms with Crippen LogP contribution in [0.25, 0.3) is 22.2 Å². The van der Waals surface area contributed by atoms with Crippen LogP contribution in [0.4, 0.5) is 16.0 Å². The topological polar surface area (TPSA) is 238 Å². The first-order valence-corrected chi connectivity index (χ1v) is 18.9. The van der Waals surface area contributed by atoms with Crippen LogP contribution in [-0.2, 0) is 55.9 Å². The fraction of sp³-hybridized carbons (Fsp3) is 0.478. The lowest BCUT2D eigenvalue weighted by Gasteiger charge is -2.33. The number of hydrogen-bond acceptors (Lipinski definition) is 15. The van der Waals surface area contributed by atoms with E-state index in [9.17, 15) is 14.6 Å². The van der Waals surface area contributed by atoms with Crippen LogP contribution < -0.4 is 17.0 Å². The first-order valence-electron chi connectivity index (χ1n) is 13.7. The highest BCUT2D eigenvalue weighted by Crippen LogP contribution is 2.58. The van der Waals surface area contributed by atoms with Gasteiger partial charge in [0.25, 0.3) is 5.56 Å². The highest BCUT2D eigenvalue weighted by atomic mass is 32.5. The molecule has 8 rings (SSSR count). The number of nitrogen functional groups attached to an aromatic ring is 2. The van der Waals surface area contributed by atoms with Gasteiger partial charge in [0, 0.05) is 23.5 Å². The Morgan fingerprint density at radius 3 is 2.67 bits per heavy atom. The highest BCUT2D eigenvalue weighted by Gasteiger charge is 2.65. The molecule has 246 valence electrons. The van der Waals surface area contributed by atoms with E-state index in [2.05, 4.69) is 19.9 Å². The number of halogens is 1. The zero-order valence-electron chi connectivity index (χ0n) is 23.2. The summed E-state index contributed by atoms with van der Waals surface area (Å²) in [4.78, 5) is 49.6. The van der Waals surface area contributed by atoms with E-state index in [4.69, 9.17) is 67.4 Å². The van der Waals surface area contributed by atoms with E-state index in [1.165, 1.54) is 10.9 Å². The number of pyridine rings is 1. The Morgan fingerprint density at radius 2 is 1.85 bits per heavy atom. The van der Waals surface area contributed by atoms with Gasteiger partial charge in [-0.1, -0.05) is 0 Å². The van der Waals surface area contributed by atoms with E-state index in [1.807, 2.05) is 0 Å². The molecular weight excluding hydrogens is 693 g/mol. The number of nitrogens with two attached hydrogens (primary N) is 2.